The van der Waals surface area contributed by atoms with E-state index in [2.05, 4.69) is 15.6 Å². The molecule has 0 aliphatic heterocycles. The van der Waals surface area contributed by atoms with Crippen LogP contribution in [-0.4, -0.2) is 48.3 Å². The Morgan fingerprint density at radius 2 is 1.74 bits per heavy atom. The number of ether oxygens (including phenoxy) is 1. The summed E-state index contributed by atoms with van der Waals surface area (Å²) in [5.41, 5.74) is 2.61. The van der Waals surface area contributed by atoms with Crippen molar-refractivity contribution in [2.75, 3.05) is 31.3 Å². The number of rotatable bonds is 9. The molecular weight excluding hydrogens is 452 g/mol. The molecule has 3 amide bonds. The van der Waals surface area contributed by atoms with Gasteiger partial charge in [0.2, 0.25) is 5.91 Å². The Morgan fingerprint density at radius 3 is 2.41 bits per heavy atom. The van der Waals surface area contributed by atoms with Gasteiger partial charge >= 0.3 is 0 Å². The number of carbonyl (C=O) groups is 3. The molecule has 2 aromatic carbocycles. The second kappa shape index (κ2) is 11.4. The Kier molecular flexibility index (Phi) is 8.37. The summed E-state index contributed by atoms with van der Waals surface area (Å²) < 4.78 is 5.55. The zero-order chi connectivity index (χ0) is 24.7. The minimum atomic E-state index is -0.378. The van der Waals surface area contributed by atoms with E-state index in [1.807, 2.05) is 43.5 Å². The Bertz CT molecular complexity index is 1160. The second-order valence-corrected chi connectivity index (χ2v) is 9.15. The average Bonchev–Trinajstić information content (AvgIpc) is 3.25. The molecule has 0 radical (unpaired) electrons. The van der Waals surface area contributed by atoms with Gasteiger partial charge in [-0.1, -0.05) is 38.1 Å². The Hall–Kier alpha value is -3.72. The van der Waals surface area contributed by atoms with Crippen LogP contribution in [0.25, 0.3) is 11.3 Å². The highest BCUT2D eigenvalue weighted by atomic mass is 32.1. The molecule has 9 heteroatoms. The molecule has 0 bridgehead atoms. The molecule has 0 aliphatic rings. The monoisotopic (exact) mass is 480 g/mol. The summed E-state index contributed by atoms with van der Waals surface area (Å²) in [6.45, 7) is 3.84. The molecule has 0 saturated heterocycles. The van der Waals surface area contributed by atoms with Gasteiger partial charge in [0.1, 0.15) is 5.75 Å². The van der Waals surface area contributed by atoms with Crippen molar-refractivity contribution in [2.45, 2.75) is 20.3 Å². The molecule has 1 heterocycles. The summed E-state index contributed by atoms with van der Waals surface area (Å²) in [5, 5.41) is 7.96. The zero-order valence-electron chi connectivity index (χ0n) is 19.6. The number of amides is 3. The highest BCUT2D eigenvalue weighted by Gasteiger charge is 2.16. The summed E-state index contributed by atoms with van der Waals surface area (Å²) in [6.07, 6.45) is 0.469. The molecule has 0 fully saturated rings. The summed E-state index contributed by atoms with van der Waals surface area (Å²) in [6, 6.07) is 14.1. The maximum absolute atomic E-state index is 12.8. The van der Waals surface area contributed by atoms with Crippen LogP contribution in [0.4, 0.5) is 10.8 Å². The van der Waals surface area contributed by atoms with E-state index in [-0.39, 0.29) is 24.3 Å². The molecule has 0 spiro atoms. The maximum Gasteiger partial charge on any atom is 0.261 e. The lowest BCUT2D eigenvalue weighted by atomic mass is 10.1. The third kappa shape index (κ3) is 6.89. The van der Waals surface area contributed by atoms with Crippen molar-refractivity contribution >= 4 is 39.9 Å². The summed E-state index contributed by atoms with van der Waals surface area (Å²) in [5.74, 6) is 0.0168. The van der Waals surface area contributed by atoms with Crippen molar-refractivity contribution in [1.29, 1.82) is 0 Å². The van der Waals surface area contributed by atoms with Gasteiger partial charge in [0.25, 0.3) is 11.8 Å². The minimum Gasteiger partial charge on any atom is -0.483 e. The number of hydrogen-bond donors (Lipinski definition) is 2. The standard InChI is InChI=1S/C25H28N4O4S/c1-16(2)13-22(30)26-18-11-9-17(10-12-18)20-15-34-25(27-20)28-24(32)19-7-5-6-8-21(19)33-14-23(31)29(3)4/h5-12,15-16H,13-14H2,1-4H3,(H,26,30)(H,27,28,32). The third-order valence-corrected chi connectivity index (χ3v) is 5.52. The van der Waals surface area contributed by atoms with E-state index >= 15 is 0 Å². The number of nitrogens with one attached hydrogen (secondary N) is 2. The van der Waals surface area contributed by atoms with Crippen LogP contribution < -0.4 is 15.4 Å². The molecule has 0 atom stereocenters. The molecule has 3 rings (SSSR count). The van der Waals surface area contributed by atoms with Gasteiger partial charge in [-0.15, -0.1) is 11.3 Å². The molecular formula is C25H28N4O4S. The van der Waals surface area contributed by atoms with E-state index in [1.165, 1.54) is 16.2 Å². The van der Waals surface area contributed by atoms with E-state index < -0.39 is 0 Å². The van der Waals surface area contributed by atoms with Crippen molar-refractivity contribution < 1.29 is 19.1 Å². The Labute approximate surface area is 203 Å². The fourth-order valence-electron chi connectivity index (χ4n) is 2.98. The van der Waals surface area contributed by atoms with Crippen LogP contribution >= 0.6 is 11.3 Å². The quantitative estimate of drug-likeness (QED) is 0.469. The fraction of sp³-hybridized carbons (Fsp3) is 0.280. The highest BCUT2D eigenvalue weighted by Crippen LogP contribution is 2.27. The molecule has 8 nitrogen and oxygen atoms in total. The fourth-order valence-corrected chi connectivity index (χ4v) is 3.70. The first-order valence-electron chi connectivity index (χ1n) is 10.8. The third-order valence-electron chi connectivity index (χ3n) is 4.76. The van der Waals surface area contributed by atoms with E-state index in [0.717, 1.165) is 11.3 Å². The number of likely N-dealkylation sites (N-methyl/N-ethyl adjacent to an activating group) is 1. The highest BCUT2D eigenvalue weighted by molar-refractivity contribution is 7.14. The normalized spacial score (nSPS) is 10.6. The molecule has 0 aliphatic carbocycles. The number of para-hydroxylation sites is 1. The largest absolute Gasteiger partial charge is 0.483 e. The lowest BCUT2D eigenvalue weighted by molar-refractivity contribution is -0.130. The molecule has 0 saturated carbocycles. The van der Waals surface area contributed by atoms with Crippen LogP contribution in [0.3, 0.4) is 0 Å². The van der Waals surface area contributed by atoms with Crippen molar-refractivity contribution in [3.8, 4) is 17.0 Å². The Morgan fingerprint density at radius 1 is 1.03 bits per heavy atom. The van der Waals surface area contributed by atoms with Crippen LogP contribution in [0.15, 0.2) is 53.9 Å². The first-order valence-corrected chi connectivity index (χ1v) is 11.7. The van der Waals surface area contributed by atoms with E-state index in [9.17, 15) is 14.4 Å². The number of nitrogens with zero attached hydrogens (tertiary/aromatic N) is 2. The Balaban J connectivity index is 1.65. The van der Waals surface area contributed by atoms with Gasteiger partial charge in [-0.2, -0.15) is 0 Å². The van der Waals surface area contributed by atoms with Crippen molar-refractivity contribution in [2.24, 2.45) is 5.92 Å². The van der Waals surface area contributed by atoms with Gasteiger partial charge < -0.3 is 15.0 Å². The predicted octanol–water partition coefficient (Wildman–Crippen LogP) is 4.51. The molecule has 178 valence electrons. The smallest absolute Gasteiger partial charge is 0.261 e. The van der Waals surface area contributed by atoms with Crippen LogP contribution in [-0.2, 0) is 9.59 Å². The molecule has 0 unspecified atom stereocenters. The number of hydrogen-bond acceptors (Lipinski definition) is 6. The first-order chi connectivity index (χ1) is 16.2. The van der Waals surface area contributed by atoms with E-state index in [0.29, 0.717) is 34.5 Å². The molecule has 3 aromatic rings. The van der Waals surface area contributed by atoms with Gasteiger partial charge in [-0.25, -0.2) is 4.98 Å². The molecule has 34 heavy (non-hydrogen) atoms. The summed E-state index contributed by atoms with van der Waals surface area (Å²) in [4.78, 5) is 42.5. The number of anilines is 2. The lowest BCUT2D eigenvalue weighted by Crippen LogP contribution is -2.28. The van der Waals surface area contributed by atoms with Gasteiger partial charge in [0.05, 0.1) is 11.3 Å². The molecule has 1 aromatic heterocycles. The number of carbonyl (C=O) groups excluding carboxylic acids is 3. The van der Waals surface area contributed by atoms with Crippen molar-refractivity contribution in [3.05, 3.63) is 59.5 Å². The van der Waals surface area contributed by atoms with Gasteiger partial charge in [-0.3, -0.25) is 19.7 Å². The topological polar surface area (TPSA) is 101 Å². The minimum absolute atomic E-state index is 0.0169. The van der Waals surface area contributed by atoms with Gasteiger partial charge in [0.15, 0.2) is 11.7 Å². The SMILES string of the molecule is CC(C)CC(=O)Nc1ccc(-c2csc(NC(=O)c3ccccc3OCC(=O)N(C)C)n2)cc1. The average molecular weight is 481 g/mol. The summed E-state index contributed by atoms with van der Waals surface area (Å²) in [7, 11) is 3.28. The van der Waals surface area contributed by atoms with Gasteiger partial charge in [-0.05, 0) is 30.2 Å². The predicted molar refractivity (Wildman–Crippen MR) is 134 cm³/mol. The lowest BCUT2D eigenvalue weighted by Gasteiger charge is -2.13. The van der Waals surface area contributed by atoms with Crippen molar-refractivity contribution in [3.63, 3.8) is 0 Å². The van der Waals surface area contributed by atoms with Crippen LogP contribution in [0.2, 0.25) is 0 Å². The number of benzene rings is 2. The number of aromatic nitrogens is 1. The first kappa shape index (κ1) is 24.9. The van der Waals surface area contributed by atoms with Gasteiger partial charge in [0, 0.05) is 37.1 Å². The van der Waals surface area contributed by atoms with E-state index in [1.54, 1.807) is 38.4 Å². The van der Waals surface area contributed by atoms with Crippen molar-refractivity contribution in [1.82, 2.24) is 9.88 Å². The van der Waals surface area contributed by atoms with Crippen LogP contribution in [0, 0.1) is 5.92 Å². The van der Waals surface area contributed by atoms with Crippen LogP contribution in [0.1, 0.15) is 30.6 Å². The summed E-state index contributed by atoms with van der Waals surface area (Å²) >= 11 is 1.30. The zero-order valence-corrected chi connectivity index (χ0v) is 20.4. The number of thiazole rings is 1. The van der Waals surface area contributed by atoms with E-state index in [4.69, 9.17) is 4.74 Å². The maximum atomic E-state index is 12.8. The second-order valence-electron chi connectivity index (χ2n) is 8.29. The molecule has 2 N–H and O–H groups in total. The van der Waals surface area contributed by atoms with Crippen LogP contribution in [0.5, 0.6) is 5.75 Å².